The molecule has 0 atom stereocenters. The van der Waals surface area contributed by atoms with E-state index in [1.165, 1.54) is 12.1 Å². The normalized spacial score (nSPS) is 16.4. The van der Waals surface area contributed by atoms with Gasteiger partial charge in [-0.1, -0.05) is 17.9 Å². The number of fused-ring (bicyclic) bond motifs is 2. The van der Waals surface area contributed by atoms with Gasteiger partial charge in [0, 0.05) is 5.56 Å². The number of hydrogen-bond acceptors (Lipinski definition) is 5. The minimum Gasteiger partial charge on any atom is -0.872 e. The van der Waals surface area contributed by atoms with Crippen LogP contribution >= 0.6 is 0 Å². The first-order chi connectivity index (χ1) is 12.0. The molecule has 25 heavy (non-hydrogen) atoms. The monoisotopic (exact) mass is 339 g/mol. The van der Waals surface area contributed by atoms with Crippen molar-refractivity contribution in [1.82, 2.24) is 0 Å². The van der Waals surface area contributed by atoms with Crippen molar-refractivity contribution in [2.45, 2.75) is 6.54 Å². The van der Waals surface area contributed by atoms with Crippen molar-refractivity contribution in [3.8, 4) is 23.0 Å². The quantitative estimate of drug-likeness (QED) is 0.836. The van der Waals surface area contributed by atoms with E-state index in [0.29, 0.717) is 34.9 Å². The van der Waals surface area contributed by atoms with Gasteiger partial charge in [-0.25, -0.2) is 0 Å². The highest BCUT2D eigenvalue weighted by molar-refractivity contribution is 6.15. The number of Topliss-reactive ketones (excluding diaryl/α,β-unsaturated/α-hetero) is 1. The van der Waals surface area contributed by atoms with Gasteiger partial charge in [0.25, 0.3) is 0 Å². The van der Waals surface area contributed by atoms with Crippen molar-refractivity contribution in [2.75, 3.05) is 20.9 Å². The highest BCUT2D eigenvalue weighted by Crippen LogP contribution is 2.39. The van der Waals surface area contributed by atoms with E-state index in [2.05, 4.69) is 0 Å². The van der Waals surface area contributed by atoms with Gasteiger partial charge in [0.05, 0.1) is 19.7 Å². The molecular weight excluding hydrogens is 322 g/mol. The molecule has 0 amide bonds. The number of quaternary nitrogens is 1. The molecule has 0 saturated heterocycles. The number of carbonyl (C=O) groups excluding carboxylic acids is 1. The molecule has 0 saturated carbocycles. The van der Waals surface area contributed by atoms with Crippen LogP contribution in [-0.2, 0) is 6.54 Å². The van der Waals surface area contributed by atoms with Crippen LogP contribution in [0.25, 0.3) is 6.08 Å². The molecule has 0 spiro atoms. The first kappa shape index (κ1) is 15.5. The Labute approximate surface area is 144 Å². The molecule has 2 aromatic carbocycles. The Morgan fingerprint density at radius 1 is 1.16 bits per heavy atom. The molecule has 0 aliphatic carbocycles. The Morgan fingerprint density at radius 3 is 2.76 bits per heavy atom. The number of ether oxygens (including phenoxy) is 3. The number of nitrogens with one attached hydrogen (secondary N) is 1. The fraction of sp³-hybridized carbons (Fsp3) is 0.211. The van der Waals surface area contributed by atoms with Crippen molar-refractivity contribution < 1.29 is 29.0 Å². The molecule has 1 N–H and O–H groups in total. The zero-order valence-corrected chi connectivity index (χ0v) is 13.9. The molecule has 128 valence electrons. The molecule has 2 aliphatic heterocycles. The molecule has 0 unspecified atom stereocenters. The fourth-order valence-electron chi connectivity index (χ4n) is 2.96. The van der Waals surface area contributed by atoms with Gasteiger partial charge in [-0.05, 0) is 29.8 Å². The molecule has 2 heterocycles. The smallest absolute Gasteiger partial charge is 0.231 e. The second-order valence-corrected chi connectivity index (χ2v) is 6.36. The highest BCUT2D eigenvalue weighted by Gasteiger charge is 2.30. The van der Waals surface area contributed by atoms with Gasteiger partial charge in [0.1, 0.15) is 12.3 Å². The molecule has 2 aromatic rings. The number of ketones is 1. The summed E-state index contributed by atoms with van der Waals surface area (Å²) < 4.78 is 16.4. The highest BCUT2D eigenvalue weighted by atomic mass is 16.7. The van der Waals surface area contributed by atoms with Crippen LogP contribution < -0.4 is 24.2 Å². The van der Waals surface area contributed by atoms with Gasteiger partial charge in [-0.15, -0.1) is 0 Å². The van der Waals surface area contributed by atoms with E-state index < -0.39 is 0 Å². The average molecular weight is 339 g/mol. The molecule has 2 aliphatic rings. The molecule has 0 fully saturated rings. The van der Waals surface area contributed by atoms with E-state index in [1.54, 1.807) is 18.2 Å². The number of allylic oxidation sites excluding steroid dienone is 1. The zero-order valence-electron chi connectivity index (χ0n) is 13.9. The van der Waals surface area contributed by atoms with Crippen LogP contribution in [-0.4, -0.2) is 26.7 Å². The van der Waals surface area contributed by atoms with Gasteiger partial charge in [-0.2, -0.15) is 0 Å². The summed E-state index contributed by atoms with van der Waals surface area (Å²) in [4.78, 5) is 13.7. The summed E-state index contributed by atoms with van der Waals surface area (Å²) in [7, 11) is 3.89. The van der Waals surface area contributed by atoms with E-state index in [-0.39, 0.29) is 24.1 Å². The van der Waals surface area contributed by atoms with E-state index in [4.69, 9.17) is 14.2 Å². The number of carbonyl (C=O) groups is 1. The summed E-state index contributed by atoms with van der Waals surface area (Å²) in [5.41, 5.74) is 1.73. The summed E-state index contributed by atoms with van der Waals surface area (Å²) in [6.07, 6.45) is 1.65. The van der Waals surface area contributed by atoms with Crippen LogP contribution in [0.1, 0.15) is 21.5 Å². The SMILES string of the molecule is C[NH+](C)Cc1c([O-])ccc2c1OC(=Cc1ccc3c(c1)OCO3)C2=O. The number of benzene rings is 2. The van der Waals surface area contributed by atoms with Gasteiger partial charge in [0.15, 0.2) is 17.3 Å². The topological polar surface area (TPSA) is 72.3 Å². The lowest BCUT2D eigenvalue weighted by Crippen LogP contribution is -3.04. The van der Waals surface area contributed by atoms with Crippen LogP contribution in [0.4, 0.5) is 0 Å². The Kier molecular flexibility index (Phi) is 3.62. The molecule has 6 nitrogen and oxygen atoms in total. The van der Waals surface area contributed by atoms with Gasteiger partial charge < -0.3 is 24.2 Å². The summed E-state index contributed by atoms with van der Waals surface area (Å²) in [5.74, 6) is 1.56. The van der Waals surface area contributed by atoms with Crippen LogP contribution in [0.3, 0.4) is 0 Å². The van der Waals surface area contributed by atoms with Crippen molar-refractivity contribution in [2.24, 2.45) is 0 Å². The Balaban J connectivity index is 1.70. The number of hydrogen-bond donors (Lipinski definition) is 1. The third-order valence-electron chi connectivity index (χ3n) is 4.12. The van der Waals surface area contributed by atoms with Crippen LogP contribution in [0, 0.1) is 0 Å². The molecule has 6 heteroatoms. The summed E-state index contributed by atoms with van der Waals surface area (Å²) >= 11 is 0. The maximum absolute atomic E-state index is 12.6. The summed E-state index contributed by atoms with van der Waals surface area (Å²) in [5, 5.41) is 12.2. The van der Waals surface area contributed by atoms with Crippen molar-refractivity contribution in [3.63, 3.8) is 0 Å². The molecule has 0 aromatic heterocycles. The first-order valence-electron chi connectivity index (χ1n) is 7.99. The van der Waals surface area contributed by atoms with Crippen LogP contribution in [0.15, 0.2) is 36.1 Å². The lowest BCUT2D eigenvalue weighted by Gasteiger charge is -2.17. The fourth-order valence-corrected chi connectivity index (χ4v) is 2.96. The predicted molar refractivity (Wildman–Crippen MR) is 87.9 cm³/mol. The largest absolute Gasteiger partial charge is 0.872 e. The average Bonchev–Trinajstić information content (AvgIpc) is 3.15. The summed E-state index contributed by atoms with van der Waals surface area (Å²) in [6, 6.07) is 8.37. The predicted octanol–water partition coefficient (Wildman–Crippen LogP) is 0.750. The van der Waals surface area contributed by atoms with Crippen molar-refractivity contribution in [1.29, 1.82) is 0 Å². The molecule has 4 rings (SSSR count). The molecule has 0 radical (unpaired) electrons. The lowest BCUT2D eigenvalue weighted by molar-refractivity contribution is -0.872. The Morgan fingerprint density at radius 2 is 1.96 bits per heavy atom. The summed E-state index contributed by atoms with van der Waals surface area (Å²) in [6.45, 7) is 0.686. The van der Waals surface area contributed by atoms with E-state index in [9.17, 15) is 9.90 Å². The van der Waals surface area contributed by atoms with E-state index in [1.807, 2.05) is 20.2 Å². The molecular formula is C19H17NO5. The van der Waals surface area contributed by atoms with Crippen LogP contribution in [0.5, 0.6) is 23.0 Å². The minimum atomic E-state index is -0.220. The van der Waals surface area contributed by atoms with Crippen molar-refractivity contribution >= 4 is 11.9 Å². The standard InChI is InChI=1S/C19H17NO5/c1-20(2)9-13-14(21)5-4-12-18(22)17(25-19(12)13)8-11-3-6-15-16(7-11)24-10-23-15/h3-8,21H,9-10H2,1-2H3. The zero-order chi connectivity index (χ0) is 17.6. The maximum Gasteiger partial charge on any atom is 0.231 e. The number of rotatable bonds is 3. The second kappa shape index (κ2) is 5.82. The molecule has 0 bridgehead atoms. The van der Waals surface area contributed by atoms with Gasteiger partial charge in [0.2, 0.25) is 12.6 Å². The van der Waals surface area contributed by atoms with E-state index >= 15 is 0 Å². The van der Waals surface area contributed by atoms with E-state index in [0.717, 1.165) is 10.5 Å². The Bertz CT molecular complexity index is 901. The Hall–Kier alpha value is -2.99. The van der Waals surface area contributed by atoms with Gasteiger partial charge in [-0.3, -0.25) is 4.79 Å². The minimum absolute atomic E-state index is 0.114. The third-order valence-corrected chi connectivity index (χ3v) is 4.12. The van der Waals surface area contributed by atoms with Crippen molar-refractivity contribution in [3.05, 3.63) is 52.8 Å². The first-order valence-corrected chi connectivity index (χ1v) is 7.99. The second-order valence-electron chi connectivity index (χ2n) is 6.36. The maximum atomic E-state index is 12.6. The van der Waals surface area contributed by atoms with Crippen LogP contribution in [0.2, 0.25) is 0 Å². The van der Waals surface area contributed by atoms with Gasteiger partial charge >= 0.3 is 0 Å². The third kappa shape index (κ3) is 2.70. The lowest BCUT2D eigenvalue weighted by atomic mass is 10.0.